The summed E-state index contributed by atoms with van der Waals surface area (Å²) in [5.41, 5.74) is 0.170. The number of likely N-dealkylation sites (N-methyl/N-ethyl adjacent to an activating group) is 1. The van der Waals surface area contributed by atoms with E-state index in [2.05, 4.69) is 10.3 Å². The molecule has 10 heteroatoms. The predicted octanol–water partition coefficient (Wildman–Crippen LogP) is 0.783. The lowest BCUT2D eigenvalue weighted by Crippen LogP contribution is -2.47. The van der Waals surface area contributed by atoms with Gasteiger partial charge >= 0.3 is 5.97 Å². The Morgan fingerprint density at radius 2 is 2.22 bits per heavy atom. The highest BCUT2D eigenvalue weighted by atomic mass is 32.1. The molecule has 0 aromatic carbocycles. The Balaban J connectivity index is 1.56. The molecule has 0 spiro atoms. The summed E-state index contributed by atoms with van der Waals surface area (Å²) in [4.78, 5) is 40.0. The van der Waals surface area contributed by atoms with Crippen LogP contribution in [0.5, 0.6) is 0 Å². The van der Waals surface area contributed by atoms with Crippen molar-refractivity contribution in [2.24, 2.45) is 5.92 Å². The van der Waals surface area contributed by atoms with Gasteiger partial charge in [-0.2, -0.15) is 0 Å². The van der Waals surface area contributed by atoms with Crippen molar-refractivity contribution in [3.8, 4) is 0 Å². The van der Waals surface area contributed by atoms with Crippen molar-refractivity contribution in [2.45, 2.75) is 19.4 Å². The molecule has 3 rings (SSSR count). The van der Waals surface area contributed by atoms with Crippen molar-refractivity contribution < 1.29 is 19.5 Å². The third-order valence-electron chi connectivity index (χ3n) is 4.50. The second-order valence-corrected chi connectivity index (χ2v) is 7.59. The standard InChI is InChI=1S/C17H21N5O4S/c1-20(11-15(23)21-6-2-4-12(8-21)17(25)26)16(24)14-10-22(19-18-14)9-13-5-3-7-27-13/h3,5,7,10,12H,2,4,6,8-9,11H2,1H3,(H,25,26). The van der Waals surface area contributed by atoms with Crippen LogP contribution < -0.4 is 0 Å². The Kier molecular flexibility index (Phi) is 5.84. The van der Waals surface area contributed by atoms with E-state index in [0.29, 0.717) is 25.9 Å². The number of carbonyl (C=O) groups is 3. The van der Waals surface area contributed by atoms with Gasteiger partial charge in [0.1, 0.15) is 0 Å². The van der Waals surface area contributed by atoms with Gasteiger partial charge in [-0.15, -0.1) is 16.4 Å². The lowest BCUT2D eigenvalue weighted by molar-refractivity contribution is -0.145. The zero-order valence-corrected chi connectivity index (χ0v) is 15.8. The van der Waals surface area contributed by atoms with Gasteiger partial charge in [-0.25, -0.2) is 4.68 Å². The van der Waals surface area contributed by atoms with Gasteiger partial charge in [0, 0.05) is 25.0 Å². The number of aliphatic carboxylic acids is 1. The minimum Gasteiger partial charge on any atom is -0.481 e. The van der Waals surface area contributed by atoms with Crippen LogP contribution in [-0.2, 0) is 16.1 Å². The van der Waals surface area contributed by atoms with Gasteiger partial charge in [0.2, 0.25) is 5.91 Å². The fourth-order valence-corrected chi connectivity index (χ4v) is 3.71. The lowest BCUT2D eigenvalue weighted by Gasteiger charge is -2.31. The summed E-state index contributed by atoms with van der Waals surface area (Å²) in [6.07, 6.45) is 2.78. The van der Waals surface area contributed by atoms with E-state index in [9.17, 15) is 14.4 Å². The van der Waals surface area contributed by atoms with Crippen LogP contribution in [0.15, 0.2) is 23.7 Å². The summed E-state index contributed by atoms with van der Waals surface area (Å²) in [7, 11) is 1.52. The van der Waals surface area contributed by atoms with E-state index >= 15 is 0 Å². The predicted molar refractivity (Wildman–Crippen MR) is 97.3 cm³/mol. The Hall–Kier alpha value is -2.75. The molecule has 2 amide bonds. The maximum absolute atomic E-state index is 12.5. The molecule has 0 aliphatic carbocycles. The van der Waals surface area contributed by atoms with Gasteiger partial charge in [0.15, 0.2) is 5.69 Å². The van der Waals surface area contributed by atoms with Gasteiger partial charge in [-0.05, 0) is 24.3 Å². The molecule has 3 heterocycles. The van der Waals surface area contributed by atoms with E-state index in [0.717, 1.165) is 4.88 Å². The van der Waals surface area contributed by atoms with Crippen LogP contribution in [0.25, 0.3) is 0 Å². The molecule has 1 unspecified atom stereocenters. The molecule has 144 valence electrons. The quantitative estimate of drug-likeness (QED) is 0.780. The number of rotatable bonds is 6. The highest BCUT2D eigenvalue weighted by molar-refractivity contribution is 7.09. The van der Waals surface area contributed by atoms with Crippen LogP contribution in [-0.4, -0.2) is 74.4 Å². The fraction of sp³-hybridized carbons (Fsp3) is 0.471. The average molecular weight is 391 g/mol. The van der Waals surface area contributed by atoms with E-state index in [-0.39, 0.29) is 24.7 Å². The number of piperidine rings is 1. The zero-order valence-electron chi connectivity index (χ0n) is 14.9. The normalized spacial score (nSPS) is 16.9. The summed E-state index contributed by atoms with van der Waals surface area (Å²) >= 11 is 1.59. The van der Waals surface area contributed by atoms with Crippen molar-refractivity contribution >= 4 is 29.1 Å². The summed E-state index contributed by atoms with van der Waals surface area (Å²) in [5.74, 6) is -2.09. The lowest BCUT2D eigenvalue weighted by atomic mass is 9.98. The summed E-state index contributed by atoms with van der Waals surface area (Å²) < 4.78 is 1.58. The molecular formula is C17H21N5O4S. The van der Waals surface area contributed by atoms with Crippen molar-refractivity contribution in [3.05, 3.63) is 34.3 Å². The average Bonchev–Trinajstić information content (AvgIpc) is 3.33. The molecule has 2 aromatic heterocycles. The van der Waals surface area contributed by atoms with Crippen LogP contribution in [0, 0.1) is 5.92 Å². The number of amides is 2. The number of nitrogens with zero attached hydrogens (tertiary/aromatic N) is 5. The van der Waals surface area contributed by atoms with E-state index in [4.69, 9.17) is 5.11 Å². The first-order valence-corrected chi connectivity index (χ1v) is 9.50. The number of thiophene rings is 1. The molecular weight excluding hydrogens is 370 g/mol. The van der Waals surface area contributed by atoms with Crippen LogP contribution in [0.2, 0.25) is 0 Å². The zero-order chi connectivity index (χ0) is 19.4. The number of carbonyl (C=O) groups excluding carboxylic acids is 2. The first-order chi connectivity index (χ1) is 12.9. The second kappa shape index (κ2) is 8.30. The second-order valence-electron chi connectivity index (χ2n) is 6.56. The summed E-state index contributed by atoms with van der Waals surface area (Å²) in [6, 6.07) is 3.92. The molecule has 0 radical (unpaired) electrons. The first-order valence-electron chi connectivity index (χ1n) is 8.62. The molecule has 1 N–H and O–H groups in total. The van der Waals surface area contributed by atoms with Gasteiger partial charge < -0.3 is 14.9 Å². The topological polar surface area (TPSA) is 109 Å². The monoisotopic (exact) mass is 391 g/mol. The van der Waals surface area contributed by atoms with Gasteiger partial charge in [-0.3, -0.25) is 14.4 Å². The Morgan fingerprint density at radius 3 is 2.93 bits per heavy atom. The molecule has 27 heavy (non-hydrogen) atoms. The van der Waals surface area contributed by atoms with Gasteiger partial charge in [0.05, 0.1) is 25.2 Å². The molecule has 0 bridgehead atoms. The van der Waals surface area contributed by atoms with Crippen LogP contribution >= 0.6 is 11.3 Å². The van der Waals surface area contributed by atoms with Gasteiger partial charge in [-0.1, -0.05) is 11.3 Å². The molecule has 1 fully saturated rings. The van der Waals surface area contributed by atoms with E-state index in [1.165, 1.54) is 16.8 Å². The number of carboxylic acid groups (broad SMARTS) is 1. The van der Waals surface area contributed by atoms with Crippen molar-refractivity contribution in [1.29, 1.82) is 0 Å². The molecule has 1 saturated heterocycles. The minimum absolute atomic E-state index is 0.122. The van der Waals surface area contributed by atoms with Crippen molar-refractivity contribution in [1.82, 2.24) is 24.8 Å². The van der Waals surface area contributed by atoms with E-state index in [1.807, 2.05) is 17.5 Å². The maximum atomic E-state index is 12.5. The molecule has 1 aliphatic rings. The third kappa shape index (κ3) is 4.70. The molecule has 0 saturated carbocycles. The smallest absolute Gasteiger partial charge is 0.308 e. The maximum Gasteiger partial charge on any atom is 0.308 e. The largest absolute Gasteiger partial charge is 0.481 e. The Morgan fingerprint density at radius 1 is 1.41 bits per heavy atom. The van der Waals surface area contributed by atoms with Crippen LogP contribution in [0.4, 0.5) is 0 Å². The summed E-state index contributed by atoms with van der Waals surface area (Å²) in [5, 5.41) is 19.0. The van der Waals surface area contributed by atoms with Gasteiger partial charge in [0.25, 0.3) is 5.91 Å². The molecule has 1 atom stereocenters. The molecule has 9 nitrogen and oxygen atoms in total. The highest BCUT2D eigenvalue weighted by Gasteiger charge is 2.29. The Bertz CT molecular complexity index is 819. The molecule has 2 aromatic rings. The number of hydrogen-bond donors (Lipinski definition) is 1. The SMILES string of the molecule is CN(CC(=O)N1CCCC(C(=O)O)C1)C(=O)c1cn(Cc2cccs2)nn1. The van der Waals surface area contributed by atoms with E-state index < -0.39 is 17.8 Å². The fourth-order valence-electron chi connectivity index (χ4n) is 3.01. The highest BCUT2D eigenvalue weighted by Crippen LogP contribution is 2.17. The van der Waals surface area contributed by atoms with Crippen molar-refractivity contribution in [3.63, 3.8) is 0 Å². The van der Waals surface area contributed by atoms with Crippen molar-refractivity contribution in [2.75, 3.05) is 26.7 Å². The number of carboxylic acids is 1. The van der Waals surface area contributed by atoms with E-state index in [1.54, 1.807) is 22.2 Å². The number of likely N-dealkylation sites (tertiary alicyclic amines) is 1. The van der Waals surface area contributed by atoms with Crippen LogP contribution in [0.3, 0.4) is 0 Å². The van der Waals surface area contributed by atoms with Crippen LogP contribution in [0.1, 0.15) is 28.2 Å². The third-order valence-corrected chi connectivity index (χ3v) is 5.36. The number of aromatic nitrogens is 3. The minimum atomic E-state index is -0.890. The Labute approximate surface area is 160 Å². The molecule has 1 aliphatic heterocycles. The first kappa shape index (κ1) is 19.0. The number of hydrogen-bond acceptors (Lipinski definition) is 6. The summed E-state index contributed by atoms with van der Waals surface area (Å²) in [6.45, 7) is 1.11.